The van der Waals surface area contributed by atoms with E-state index in [0.29, 0.717) is 42.3 Å². The maximum Gasteiger partial charge on any atom is 0.203 e. The zero-order chi connectivity index (χ0) is 18.2. The molecule has 0 aliphatic heterocycles. The normalized spacial score (nSPS) is 11.4. The summed E-state index contributed by atoms with van der Waals surface area (Å²) in [7, 11) is 4.75. The summed E-state index contributed by atoms with van der Waals surface area (Å²) in [6.07, 6.45) is -0.0784. The van der Waals surface area contributed by atoms with E-state index in [0.717, 1.165) is 5.56 Å². The molecule has 0 radical (unpaired) electrons. The second-order valence-corrected chi connectivity index (χ2v) is 5.52. The fourth-order valence-corrected chi connectivity index (χ4v) is 2.70. The van der Waals surface area contributed by atoms with Crippen molar-refractivity contribution >= 4 is 12.4 Å². The molecule has 0 bridgehead atoms. The van der Waals surface area contributed by atoms with Crippen molar-refractivity contribution in [2.24, 2.45) is 0 Å². The molecule has 0 spiro atoms. The molecule has 0 fully saturated rings. The van der Waals surface area contributed by atoms with Gasteiger partial charge in [0.25, 0.3) is 0 Å². The lowest BCUT2D eigenvalue weighted by Crippen LogP contribution is -2.24. The summed E-state index contributed by atoms with van der Waals surface area (Å²) in [4.78, 5) is 0. The molecule has 6 nitrogen and oxygen atoms in total. The third kappa shape index (κ3) is 5.17. The maximum absolute atomic E-state index is 10.2. The number of ether oxygens (including phenoxy) is 3. The largest absolute Gasteiger partial charge is 0.508 e. The molecule has 2 rings (SSSR count). The fraction of sp³-hybridized carbons (Fsp3) is 0.368. The van der Waals surface area contributed by atoms with Crippen LogP contribution in [-0.2, 0) is 6.42 Å². The van der Waals surface area contributed by atoms with Crippen molar-refractivity contribution in [1.82, 2.24) is 5.32 Å². The number of rotatable bonds is 9. The standard InChI is InChI=1S/C19H25NO5.ClH/c1-23-17-9-8-13(18(24-2)19(17)25-3)10-11-20-12-16(22)14-6-4-5-7-15(14)21;/h4-9,16,20-22H,10-12H2,1-3H3;1H. The lowest BCUT2D eigenvalue weighted by atomic mass is 10.1. The molecule has 0 saturated heterocycles. The average Bonchev–Trinajstić information content (AvgIpc) is 2.64. The number of aliphatic hydroxyl groups excluding tert-OH is 1. The molecule has 0 aliphatic carbocycles. The Hall–Kier alpha value is -2.15. The Morgan fingerprint density at radius 3 is 2.27 bits per heavy atom. The highest BCUT2D eigenvalue weighted by Crippen LogP contribution is 2.39. The maximum atomic E-state index is 10.2. The van der Waals surface area contributed by atoms with Crippen LogP contribution in [0.25, 0.3) is 0 Å². The number of aliphatic hydroxyl groups is 1. The van der Waals surface area contributed by atoms with Gasteiger partial charge in [0.05, 0.1) is 27.4 Å². The minimum absolute atomic E-state index is 0. The molecule has 0 saturated carbocycles. The lowest BCUT2D eigenvalue weighted by Gasteiger charge is -2.17. The molecular formula is C19H26ClNO5. The minimum Gasteiger partial charge on any atom is -0.508 e. The van der Waals surface area contributed by atoms with E-state index in [1.165, 1.54) is 0 Å². The highest BCUT2D eigenvalue weighted by atomic mass is 35.5. The van der Waals surface area contributed by atoms with E-state index in [9.17, 15) is 10.2 Å². The summed E-state index contributed by atoms with van der Waals surface area (Å²) in [5, 5.41) is 23.1. The summed E-state index contributed by atoms with van der Waals surface area (Å²) in [5.74, 6) is 1.92. The molecule has 0 aromatic heterocycles. The highest BCUT2D eigenvalue weighted by Gasteiger charge is 2.16. The van der Waals surface area contributed by atoms with Gasteiger partial charge in [0.2, 0.25) is 5.75 Å². The monoisotopic (exact) mass is 383 g/mol. The van der Waals surface area contributed by atoms with Gasteiger partial charge in [-0.15, -0.1) is 12.4 Å². The van der Waals surface area contributed by atoms with Crippen molar-refractivity contribution in [2.45, 2.75) is 12.5 Å². The quantitative estimate of drug-likeness (QED) is 0.578. The Kier molecular flexibility index (Phi) is 9.05. The van der Waals surface area contributed by atoms with Crippen LogP contribution in [0.4, 0.5) is 0 Å². The third-order valence-electron chi connectivity index (χ3n) is 3.99. The van der Waals surface area contributed by atoms with Gasteiger partial charge in [0, 0.05) is 12.1 Å². The zero-order valence-electron chi connectivity index (χ0n) is 15.2. The second-order valence-electron chi connectivity index (χ2n) is 5.52. The van der Waals surface area contributed by atoms with E-state index in [-0.39, 0.29) is 18.2 Å². The molecule has 0 aliphatic rings. The van der Waals surface area contributed by atoms with Gasteiger partial charge in [0.1, 0.15) is 5.75 Å². The number of halogens is 1. The Labute approximate surface area is 160 Å². The van der Waals surface area contributed by atoms with E-state index in [1.54, 1.807) is 45.6 Å². The first kappa shape index (κ1) is 21.9. The first-order chi connectivity index (χ1) is 12.1. The van der Waals surface area contributed by atoms with Crippen LogP contribution in [0.15, 0.2) is 36.4 Å². The van der Waals surface area contributed by atoms with Gasteiger partial charge in [-0.25, -0.2) is 0 Å². The predicted molar refractivity (Wildman–Crippen MR) is 103 cm³/mol. The van der Waals surface area contributed by atoms with Crippen molar-refractivity contribution in [3.05, 3.63) is 47.5 Å². The summed E-state index contributed by atoms with van der Waals surface area (Å²) in [5.41, 5.74) is 1.49. The van der Waals surface area contributed by atoms with Gasteiger partial charge < -0.3 is 29.7 Å². The molecule has 1 unspecified atom stereocenters. The number of para-hydroxylation sites is 1. The van der Waals surface area contributed by atoms with Crippen LogP contribution in [0, 0.1) is 0 Å². The number of aromatic hydroxyl groups is 1. The Bertz CT molecular complexity index is 696. The van der Waals surface area contributed by atoms with Crippen molar-refractivity contribution in [1.29, 1.82) is 0 Å². The van der Waals surface area contributed by atoms with Crippen molar-refractivity contribution < 1.29 is 24.4 Å². The van der Waals surface area contributed by atoms with Crippen LogP contribution in [-0.4, -0.2) is 44.6 Å². The Morgan fingerprint density at radius 2 is 1.65 bits per heavy atom. The molecule has 144 valence electrons. The van der Waals surface area contributed by atoms with Gasteiger partial charge >= 0.3 is 0 Å². The van der Waals surface area contributed by atoms with E-state index >= 15 is 0 Å². The summed E-state index contributed by atoms with van der Waals surface area (Å²) in [6, 6.07) is 10.6. The molecule has 2 aromatic rings. The number of phenolic OH excluding ortho intramolecular Hbond substituents is 1. The lowest BCUT2D eigenvalue weighted by molar-refractivity contribution is 0.171. The van der Waals surface area contributed by atoms with Crippen molar-refractivity contribution in [2.75, 3.05) is 34.4 Å². The number of hydrogen-bond donors (Lipinski definition) is 3. The van der Waals surface area contributed by atoms with Gasteiger partial charge in [-0.3, -0.25) is 0 Å². The Morgan fingerprint density at radius 1 is 0.962 bits per heavy atom. The molecule has 26 heavy (non-hydrogen) atoms. The van der Waals surface area contributed by atoms with Gasteiger partial charge in [-0.2, -0.15) is 0 Å². The van der Waals surface area contributed by atoms with E-state index < -0.39 is 6.10 Å². The zero-order valence-corrected chi connectivity index (χ0v) is 16.0. The average molecular weight is 384 g/mol. The SMILES string of the molecule is COc1ccc(CCNCC(O)c2ccccc2O)c(OC)c1OC.Cl. The fourth-order valence-electron chi connectivity index (χ4n) is 2.70. The van der Waals surface area contributed by atoms with Crippen LogP contribution in [0.2, 0.25) is 0 Å². The predicted octanol–water partition coefficient (Wildman–Crippen LogP) is 2.71. The van der Waals surface area contributed by atoms with Crippen LogP contribution in [0.3, 0.4) is 0 Å². The van der Waals surface area contributed by atoms with Gasteiger partial charge in [-0.05, 0) is 30.7 Å². The van der Waals surface area contributed by atoms with Crippen molar-refractivity contribution in [3.8, 4) is 23.0 Å². The number of hydrogen-bond acceptors (Lipinski definition) is 6. The smallest absolute Gasteiger partial charge is 0.203 e. The Balaban J connectivity index is 0.00000338. The summed E-state index contributed by atoms with van der Waals surface area (Å²) < 4.78 is 16.1. The highest BCUT2D eigenvalue weighted by molar-refractivity contribution is 5.85. The number of phenols is 1. The van der Waals surface area contributed by atoms with E-state index in [4.69, 9.17) is 14.2 Å². The van der Waals surface area contributed by atoms with Crippen LogP contribution in [0.1, 0.15) is 17.2 Å². The number of nitrogens with one attached hydrogen (secondary N) is 1. The summed E-state index contributed by atoms with van der Waals surface area (Å²) >= 11 is 0. The third-order valence-corrected chi connectivity index (χ3v) is 3.99. The van der Waals surface area contributed by atoms with E-state index in [1.807, 2.05) is 12.1 Å². The van der Waals surface area contributed by atoms with Gasteiger partial charge in [-0.1, -0.05) is 24.3 Å². The van der Waals surface area contributed by atoms with Crippen molar-refractivity contribution in [3.63, 3.8) is 0 Å². The molecule has 1 atom stereocenters. The van der Waals surface area contributed by atoms with Crippen LogP contribution >= 0.6 is 12.4 Å². The molecule has 7 heteroatoms. The molecular weight excluding hydrogens is 358 g/mol. The minimum atomic E-state index is -0.770. The topological polar surface area (TPSA) is 80.2 Å². The van der Waals surface area contributed by atoms with Gasteiger partial charge in [0.15, 0.2) is 11.5 Å². The van der Waals surface area contributed by atoms with Crippen LogP contribution < -0.4 is 19.5 Å². The molecule has 2 aromatic carbocycles. The van der Waals surface area contributed by atoms with Crippen LogP contribution in [0.5, 0.6) is 23.0 Å². The number of methoxy groups -OCH3 is 3. The van der Waals surface area contributed by atoms with E-state index in [2.05, 4.69) is 5.32 Å². The molecule has 0 heterocycles. The number of benzene rings is 2. The summed E-state index contributed by atoms with van der Waals surface area (Å²) in [6.45, 7) is 0.976. The second kappa shape index (κ2) is 10.8. The first-order valence-corrected chi connectivity index (χ1v) is 8.06. The first-order valence-electron chi connectivity index (χ1n) is 8.06. The molecule has 3 N–H and O–H groups in total. The molecule has 0 amide bonds.